The van der Waals surface area contributed by atoms with Crippen molar-refractivity contribution < 1.29 is 9.78 Å². The second-order valence-corrected chi connectivity index (χ2v) is 8.29. The maximum atomic E-state index is 12.1. The third-order valence-electron chi connectivity index (χ3n) is 4.39. The van der Waals surface area contributed by atoms with Crippen molar-refractivity contribution in [2.75, 3.05) is 11.5 Å². The van der Waals surface area contributed by atoms with Gasteiger partial charge in [0.1, 0.15) is 5.39 Å². The highest BCUT2D eigenvalue weighted by molar-refractivity contribution is 7.99. The van der Waals surface area contributed by atoms with E-state index in [9.17, 15) is 4.79 Å². The number of amides is 1. The molecule has 3 rings (SSSR count). The van der Waals surface area contributed by atoms with Crippen LogP contribution in [0.4, 0.5) is 5.82 Å². The topological polar surface area (TPSA) is 82.2 Å². The highest BCUT2D eigenvalue weighted by Gasteiger charge is 2.21. The van der Waals surface area contributed by atoms with Gasteiger partial charge in [-0.3, -0.25) is 4.79 Å². The summed E-state index contributed by atoms with van der Waals surface area (Å²) in [6, 6.07) is 0.351. The van der Waals surface area contributed by atoms with Gasteiger partial charge in [-0.05, 0) is 49.0 Å². The average Bonchev–Trinajstić information content (AvgIpc) is 2.81. The summed E-state index contributed by atoms with van der Waals surface area (Å²) in [5, 5.41) is 4.83. The number of thiophene rings is 1. The molecule has 0 aliphatic heterocycles. The standard InChI is InChI=1S/C16H22N4OS2/c1-9-10(2)23-15-13(9)14(17)19-16(20-15)22-8-12(21)18-11-6-4-3-5-7-11/h11H,3-8H2,1-2H3,(H,18,21)(H2,17,19,20)/p+1. The van der Waals surface area contributed by atoms with E-state index in [1.54, 1.807) is 11.3 Å². The summed E-state index contributed by atoms with van der Waals surface area (Å²) in [5.41, 5.74) is 7.27. The normalized spacial score (nSPS) is 15.9. The molecule has 1 amide bonds. The molecule has 1 saturated carbocycles. The zero-order chi connectivity index (χ0) is 16.4. The molecule has 0 unspecified atom stereocenters. The second kappa shape index (κ2) is 7.05. The molecule has 4 N–H and O–H groups in total. The third kappa shape index (κ3) is 3.77. The van der Waals surface area contributed by atoms with Gasteiger partial charge in [0, 0.05) is 10.9 Å². The summed E-state index contributed by atoms with van der Waals surface area (Å²) < 4.78 is 0. The fourth-order valence-electron chi connectivity index (χ4n) is 3.03. The number of hydrogen-bond donors (Lipinski definition) is 2. The van der Waals surface area contributed by atoms with Gasteiger partial charge in [0.15, 0.2) is 4.83 Å². The van der Waals surface area contributed by atoms with E-state index < -0.39 is 0 Å². The van der Waals surface area contributed by atoms with Crippen LogP contribution < -0.4 is 16.0 Å². The van der Waals surface area contributed by atoms with Crippen molar-refractivity contribution in [3.8, 4) is 0 Å². The molecule has 0 radical (unpaired) electrons. The van der Waals surface area contributed by atoms with Crippen LogP contribution in [0.3, 0.4) is 0 Å². The molecular formula is C16H23N4OS2+. The first-order chi connectivity index (χ1) is 11.0. The number of rotatable bonds is 4. The van der Waals surface area contributed by atoms with E-state index in [0.29, 0.717) is 22.8 Å². The van der Waals surface area contributed by atoms with Gasteiger partial charge in [-0.2, -0.15) is 0 Å². The number of nitrogens with two attached hydrogens (primary N) is 1. The van der Waals surface area contributed by atoms with Gasteiger partial charge in [-0.15, -0.1) is 0 Å². The molecule has 2 aromatic heterocycles. The van der Waals surface area contributed by atoms with Crippen LogP contribution in [0.25, 0.3) is 10.2 Å². The van der Waals surface area contributed by atoms with Crippen LogP contribution in [-0.2, 0) is 4.79 Å². The highest BCUT2D eigenvalue weighted by Crippen LogP contribution is 2.31. The van der Waals surface area contributed by atoms with Crippen molar-refractivity contribution in [3.63, 3.8) is 0 Å². The van der Waals surface area contributed by atoms with Crippen molar-refractivity contribution >= 4 is 45.0 Å². The average molecular weight is 352 g/mol. The van der Waals surface area contributed by atoms with Gasteiger partial charge in [0.2, 0.25) is 5.91 Å². The minimum atomic E-state index is 0.0781. The van der Waals surface area contributed by atoms with Crippen molar-refractivity contribution in [1.29, 1.82) is 0 Å². The molecule has 0 bridgehead atoms. The number of nitrogens with one attached hydrogen (secondary N) is 2. The van der Waals surface area contributed by atoms with Gasteiger partial charge >= 0.3 is 5.16 Å². The minimum absolute atomic E-state index is 0.0781. The van der Waals surface area contributed by atoms with Crippen LogP contribution in [0.1, 0.15) is 42.5 Å². The molecule has 7 heteroatoms. The highest BCUT2D eigenvalue weighted by atomic mass is 32.2. The molecule has 124 valence electrons. The third-order valence-corrected chi connectivity index (χ3v) is 6.39. The Morgan fingerprint density at radius 2 is 2.13 bits per heavy atom. The lowest BCUT2D eigenvalue weighted by Crippen LogP contribution is -2.37. The van der Waals surface area contributed by atoms with Crippen LogP contribution in [0, 0.1) is 13.8 Å². The molecule has 5 nitrogen and oxygen atoms in total. The number of aromatic amines is 1. The van der Waals surface area contributed by atoms with E-state index in [1.165, 1.54) is 41.5 Å². The van der Waals surface area contributed by atoms with Gasteiger partial charge in [0.25, 0.3) is 5.82 Å². The zero-order valence-electron chi connectivity index (χ0n) is 13.6. The van der Waals surface area contributed by atoms with E-state index >= 15 is 0 Å². The number of aryl methyl sites for hydroxylation is 2. The predicted octanol–water partition coefficient (Wildman–Crippen LogP) is 2.85. The molecule has 0 aromatic carbocycles. The SMILES string of the molecule is Cc1sc2[nH+]c(SCC(=O)NC3CCCCC3)nc(N)c2c1C. The summed E-state index contributed by atoms with van der Waals surface area (Å²) in [7, 11) is 0. The Labute approximate surface area is 144 Å². The summed E-state index contributed by atoms with van der Waals surface area (Å²) in [6.07, 6.45) is 5.94. The van der Waals surface area contributed by atoms with Crippen LogP contribution >= 0.6 is 23.1 Å². The smallest absolute Gasteiger partial charge is 0.361 e. The lowest BCUT2D eigenvalue weighted by molar-refractivity contribution is -0.399. The molecule has 0 atom stereocenters. The first kappa shape index (κ1) is 16.5. The van der Waals surface area contributed by atoms with Crippen molar-refractivity contribution in [2.24, 2.45) is 0 Å². The van der Waals surface area contributed by atoms with Crippen molar-refractivity contribution in [1.82, 2.24) is 10.3 Å². The Balaban J connectivity index is 1.63. The number of nitrogen functional groups attached to an aromatic ring is 1. The van der Waals surface area contributed by atoms with E-state index in [-0.39, 0.29) is 5.91 Å². The Morgan fingerprint density at radius 1 is 1.39 bits per heavy atom. The number of H-pyrrole nitrogens is 1. The summed E-state index contributed by atoms with van der Waals surface area (Å²) >= 11 is 3.09. The zero-order valence-corrected chi connectivity index (χ0v) is 15.2. The van der Waals surface area contributed by atoms with E-state index in [1.807, 2.05) is 0 Å². The summed E-state index contributed by atoms with van der Waals surface area (Å²) in [6.45, 7) is 4.14. The number of fused-ring (bicyclic) bond motifs is 1. The molecule has 0 saturated heterocycles. The predicted molar refractivity (Wildman–Crippen MR) is 95.8 cm³/mol. The molecule has 0 spiro atoms. The molecular weight excluding hydrogens is 328 g/mol. The van der Waals surface area contributed by atoms with E-state index in [2.05, 4.69) is 29.1 Å². The Morgan fingerprint density at radius 3 is 2.87 bits per heavy atom. The second-order valence-electron chi connectivity index (χ2n) is 6.11. The van der Waals surface area contributed by atoms with Crippen molar-refractivity contribution in [2.45, 2.75) is 57.1 Å². The van der Waals surface area contributed by atoms with Crippen LogP contribution in [0.5, 0.6) is 0 Å². The number of aromatic nitrogens is 2. The largest absolute Gasteiger partial charge is 0.362 e. The Kier molecular flexibility index (Phi) is 5.06. The Hall–Kier alpha value is -1.34. The maximum absolute atomic E-state index is 12.1. The lowest BCUT2D eigenvalue weighted by atomic mass is 9.95. The van der Waals surface area contributed by atoms with Gasteiger partial charge in [-0.1, -0.05) is 30.6 Å². The molecule has 1 aliphatic rings. The van der Waals surface area contributed by atoms with Gasteiger partial charge in [-0.25, -0.2) is 4.98 Å². The number of carbonyl (C=O) groups is 1. The maximum Gasteiger partial charge on any atom is 0.361 e. The van der Waals surface area contributed by atoms with Crippen molar-refractivity contribution in [3.05, 3.63) is 10.4 Å². The molecule has 2 heterocycles. The first-order valence-corrected chi connectivity index (χ1v) is 9.85. The Bertz CT molecular complexity index is 722. The first-order valence-electron chi connectivity index (χ1n) is 8.05. The number of hydrogen-bond acceptors (Lipinski definition) is 5. The van der Waals surface area contributed by atoms with Crippen LogP contribution in [0.15, 0.2) is 5.16 Å². The molecule has 1 fully saturated rings. The van der Waals surface area contributed by atoms with Crippen LogP contribution in [-0.4, -0.2) is 22.7 Å². The van der Waals surface area contributed by atoms with Gasteiger partial charge in [0.05, 0.1) is 5.75 Å². The number of carbonyl (C=O) groups excluding carboxylic acids is 1. The number of thioether (sulfide) groups is 1. The molecule has 1 aliphatic carbocycles. The monoisotopic (exact) mass is 351 g/mol. The fourth-order valence-corrected chi connectivity index (χ4v) is 4.85. The number of nitrogens with zero attached hydrogens (tertiary/aromatic N) is 1. The van der Waals surface area contributed by atoms with Crippen LogP contribution in [0.2, 0.25) is 0 Å². The summed E-state index contributed by atoms with van der Waals surface area (Å²) in [4.78, 5) is 22.1. The quantitative estimate of drug-likeness (QED) is 0.655. The molecule has 23 heavy (non-hydrogen) atoms. The fraction of sp³-hybridized carbons (Fsp3) is 0.562. The minimum Gasteiger partial charge on any atom is -0.362 e. The number of anilines is 1. The van der Waals surface area contributed by atoms with E-state index in [0.717, 1.165) is 23.1 Å². The lowest BCUT2D eigenvalue weighted by Gasteiger charge is -2.22. The summed E-state index contributed by atoms with van der Waals surface area (Å²) in [5.74, 6) is 0.985. The van der Waals surface area contributed by atoms with Gasteiger partial charge < -0.3 is 11.1 Å². The molecule has 2 aromatic rings. The van der Waals surface area contributed by atoms with E-state index in [4.69, 9.17) is 5.73 Å².